The molecule has 2 fully saturated rings. The minimum atomic E-state index is -2.71. The number of likely N-dealkylation sites (tertiary alicyclic amines) is 1. The normalized spacial score (nSPS) is 20.1. The van der Waals surface area contributed by atoms with Crippen LogP contribution in [-0.4, -0.2) is 67.5 Å². The highest BCUT2D eigenvalue weighted by atomic mass is 19.3. The van der Waals surface area contributed by atoms with Gasteiger partial charge in [-0.2, -0.15) is 4.98 Å². The molecule has 33 heavy (non-hydrogen) atoms. The Balaban J connectivity index is 1.36. The predicted molar refractivity (Wildman–Crippen MR) is 114 cm³/mol. The number of aromatic nitrogens is 5. The molecule has 0 spiro atoms. The van der Waals surface area contributed by atoms with E-state index in [4.69, 9.17) is 14.5 Å². The van der Waals surface area contributed by atoms with Crippen LogP contribution in [0.4, 0.5) is 8.78 Å². The summed E-state index contributed by atoms with van der Waals surface area (Å²) in [5.74, 6) is -1.99. The average molecular weight is 458 g/mol. The van der Waals surface area contributed by atoms with Crippen molar-refractivity contribution in [1.29, 1.82) is 0 Å². The third-order valence-electron chi connectivity index (χ3n) is 6.19. The molecular formula is C22H24F2N6O3. The number of hydrogen-bond acceptors (Lipinski definition) is 7. The lowest BCUT2D eigenvalue weighted by molar-refractivity contribution is -0.159. The molecule has 0 bridgehead atoms. The van der Waals surface area contributed by atoms with Crippen LogP contribution >= 0.6 is 0 Å². The van der Waals surface area contributed by atoms with Crippen molar-refractivity contribution in [1.82, 2.24) is 29.4 Å². The molecule has 0 N–H and O–H groups in total. The number of ether oxygens (including phenoxy) is 2. The van der Waals surface area contributed by atoms with E-state index in [1.54, 1.807) is 24.3 Å². The van der Waals surface area contributed by atoms with Crippen molar-refractivity contribution < 1.29 is 23.0 Å². The molecule has 1 aliphatic heterocycles. The van der Waals surface area contributed by atoms with Crippen molar-refractivity contribution in [3.63, 3.8) is 0 Å². The lowest BCUT2D eigenvalue weighted by Gasteiger charge is -2.36. The van der Waals surface area contributed by atoms with Gasteiger partial charge in [0.15, 0.2) is 11.2 Å². The summed E-state index contributed by atoms with van der Waals surface area (Å²) >= 11 is 0. The van der Waals surface area contributed by atoms with E-state index in [0.29, 0.717) is 54.8 Å². The van der Waals surface area contributed by atoms with E-state index in [1.165, 1.54) is 6.33 Å². The van der Waals surface area contributed by atoms with Gasteiger partial charge in [-0.1, -0.05) is 0 Å². The molecule has 1 atom stereocenters. The van der Waals surface area contributed by atoms with Crippen LogP contribution in [0.15, 0.2) is 24.7 Å². The minimum Gasteiger partial charge on any atom is -0.481 e. The summed E-state index contributed by atoms with van der Waals surface area (Å²) in [5, 5.41) is 0. The average Bonchev–Trinajstić information content (AvgIpc) is 3.42. The Labute approximate surface area is 188 Å². The minimum absolute atomic E-state index is 0.218. The highest BCUT2D eigenvalue weighted by Crippen LogP contribution is 2.43. The number of aryl methyl sites for hydroxylation is 1. The summed E-state index contributed by atoms with van der Waals surface area (Å²) in [6.07, 6.45) is 2.70. The molecule has 0 aromatic carbocycles. The lowest BCUT2D eigenvalue weighted by Crippen LogP contribution is -2.46. The summed E-state index contributed by atoms with van der Waals surface area (Å²) in [6, 6.07) is 3.64. The van der Waals surface area contributed by atoms with E-state index in [-0.39, 0.29) is 24.9 Å². The van der Waals surface area contributed by atoms with Crippen molar-refractivity contribution in [2.45, 2.75) is 44.8 Å². The van der Waals surface area contributed by atoms with Crippen molar-refractivity contribution in [3.05, 3.63) is 24.7 Å². The number of halogens is 2. The largest absolute Gasteiger partial charge is 0.481 e. The first-order valence-corrected chi connectivity index (χ1v) is 10.9. The maximum Gasteiger partial charge on any atom is 0.249 e. The van der Waals surface area contributed by atoms with E-state index in [0.717, 1.165) is 5.56 Å². The van der Waals surface area contributed by atoms with Crippen LogP contribution in [0.25, 0.3) is 22.6 Å². The fraction of sp³-hybridized carbons (Fsp3) is 0.500. The Kier molecular flexibility index (Phi) is 5.34. The molecule has 3 aromatic heterocycles. The topological polar surface area (TPSA) is 95.3 Å². The highest BCUT2D eigenvalue weighted by molar-refractivity contribution is 5.81. The summed E-state index contributed by atoms with van der Waals surface area (Å²) < 4.78 is 39.5. The quantitative estimate of drug-likeness (QED) is 0.560. The molecule has 9 nitrogen and oxygen atoms in total. The van der Waals surface area contributed by atoms with Gasteiger partial charge < -0.3 is 18.9 Å². The molecule has 11 heteroatoms. The number of rotatable bonds is 6. The highest BCUT2D eigenvalue weighted by Gasteiger charge is 2.50. The maximum absolute atomic E-state index is 13.1. The first-order chi connectivity index (χ1) is 15.9. The van der Waals surface area contributed by atoms with E-state index in [9.17, 15) is 13.6 Å². The lowest BCUT2D eigenvalue weighted by atomic mass is 9.80. The summed E-state index contributed by atoms with van der Waals surface area (Å²) in [4.78, 5) is 31.8. The van der Waals surface area contributed by atoms with E-state index >= 15 is 0 Å². The van der Waals surface area contributed by atoms with Gasteiger partial charge >= 0.3 is 0 Å². The number of imidazole rings is 1. The summed E-state index contributed by atoms with van der Waals surface area (Å²) in [7, 11) is 1.56. The number of alkyl halides is 2. The summed E-state index contributed by atoms with van der Waals surface area (Å²) in [6.45, 7) is 3.45. The Morgan fingerprint density at radius 3 is 2.73 bits per heavy atom. The van der Waals surface area contributed by atoms with Gasteiger partial charge in [0.05, 0.1) is 13.7 Å². The maximum atomic E-state index is 13.1. The number of fused-ring (bicyclic) bond motifs is 1. The van der Waals surface area contributed by atoms with Crippen LogP contribution in [0.2, 0.25) is 0 Å². The fourth-order valence-corrected chi connectivity index (χ4v) is 4.43. The van der Waals surface area contributed by atoms with Gasteiger partial charge in [-0.05, 0) is 13.0 Å². The number of nitrogens with zero attached hydrogens (tertiary/aromatic N) is 6. The fourth-order valence-electron chi connectivity index (χ4n) is 4.43. The second-order valence-corrected chi connectivity index (χ2v) is 8.39. The summed E-state index contributed by atoms with van der Waals surface area (Å²) in [5.41, 5.74) is 1.96. The van der Waals surface area contributed by atoms with Crippen LogP contribution in [0.3, 0.4) is 0 Å². The molecule has 174 valence electrons. The SMILES string of the molecule is CCn1c(-c2ccc(OC)nc2)nc2c(OC3CCN(C(=O)C4CC(F)(F)C4)C3)ncnc21. The van der Waals surface area contributed by atoms with E-state index in [2.05, 4.69) is 15.0 Å². The van der Waals surface area contributed by atoms with Gasteiger partial charge in [0.2, 0.25) is 23.6 Å². The zero-order valence-electron chi connectivity index (χ0n) is 18.4. The van der Waals surface area contributed by atoms with Gasteiger partial charge in [0, 0.05) is 56.1 Å². The number of amides is 1. The zero-order valence-corrected chi connectivity index (χ0v) is 18.4. The molecule has 5 rings (SSSR count). The monoisotopic (exact) mass is 458 g/mol. The smallest absolute Gasteiger partial charge is 0.249 e. The van der Waals surface area contributed by atoms with E-state index in [1.807, 2.05) is 17.6 Å². The third kappa shape index (κ3) is 3.96. The Morgan fingerprint density at radius 2 is 2.06 bits per heavy atom. The first kappa shape index (κ1) is 21.5. The molecule has 1 unspecified atom stereocenters. The van der Waals surface area contributed by atoms with Gasteiger partial charge in [-0.25, -0.2) is 23.7 Å². The van der Waals surface area contributed by atoms with Gasteiger partial charge in [-0.15, -0.1) is 0 Å². The molecule has 0 radical (unpaired) electrons. The number of hydrogen-bond donors (Lipinski definition) is 0. The van der Waals surface area contributed by atoms with Crippen molar-refractivity contribution in [2.75, 3.05) is 20.2 Å². The molecule has 1 aliphatic carbocycles. The zero-order chi connectivity index (χ0) is 23.2. The first-order valence-electron chi connectivity index (χ1n) is 10.9. The molecular weight excluding hydrogens is 434 g/mol. The molecule has 3 aromatic rings. The Morgan fingerprint density at radius 1 is 1.24 bits per heavy atom. The number of methoxy groups -OCH3 is 1. The molecule has 1 amide bonds. The number of carbonyl (C=O) groups is 1. The third-order valence-corrected chi connectivity index (χ3v) is 6.19. The molecule has 4 heterocycles. The predicted octanol–water partition coefficient (Wildman–Crippen LogP) is 2.94. The molecule has 2 aliphatic rings. The molecule has 1 saturated heterocycles. The number of pyridine rings is 1. The van der Waals surface area contributed by atoms with Crippen LogP contribution in [0.1, 0.15) is 26.2 Å². The van der Waals surface area contributed by atoms with Gasteiger partial charge in [0.25, 0.3) is 0 Å². The number of carbonyl (C=O) groups excluding carboxylic acids is 1. The van der Waals surface area contributed by atoms with Crippen LogP contribution in [-0.2, 0) is 11.3 Å². The Hall–Kier alpha value is -3.37. The van der Waals surface area contributed by atoms with Crippen molar-refractivity contribution in [3.8, 4) is 23.1 Å². The molecule has 1 saturated carbocycles. The van der Waals surface area contributed by atoms with Crippen molar-refractivity contribution >= 4 is 17.1 Å². The van der Waals surface area contributed by atoms with Crippen molar-refractivity contribution in [2.24, 2.45) is 5.92 Å². The van der Waals surface area contributed by atoms with E-state index < -0.39 is 11.8 Å². The standard InChI is InChI=1S/C22H24F2N6O3/c1-3-30-18(13-4-5-16(32-2)25-10-13)28-17-19(30)26-12-27-20(17)33-15-6-7-29(11-15)21(31)14-8-22(23,24)9-14/h4-5,10,12,14-15H,3,6-9,11H2,1-2H3. The second kappa shape index (κ2) is 8.20. The van der Waals surface area contributed by atoms with Crippen LogP contribution in [0.5, 0.6) is 11.8 Å². The second-order valence-electron chi connectivity index (χ2n) is 8.39. The van der Waals surface area contributed by atoms with Gasteiger partial charge in [-0.3, -0.25) is 4.79 Å². The van der Waals surface area contributed by atoms with Crippen LogP contribution < -0.4 is 9.47 Å². The van der Waals surface area contributed by atoms with Crippen LogP contribution in [0, 0.1) is 5.92 Å². The van der Waals surface area contributed by atoms with Gasteiger partial charge in [0.1, 0.15) is 18.3 Å². The Bertz CT molecular complexity index is 1170.